The van der Waals surface area contributed by atoms with E-state index in [1.165, 1.54) is 7.11 Å². The normalized spacial score (nSPS) is 15.0. The number of amides is 2. The summed E-state index contributed by atoms with van der Waals surface area (Å²) in [6.07, 6.45) is 2.13. The van der Waals surface area contributed by atoms with E-state index in [1.807, 2.05) is 60.8 Å². The van der Waals surface area contributed by atoms with Gasteiger partial charge in [0.25, 0.3) is 0 Å². The summed E-state index contributed by atoms with van der Waals surface area (Å²) in [5, 5.41) is 3.50. The van der Waals surface area contributed by atoms with E-state index in [4.69, 9.17) is 11.6 Å². The summed E-state index contributed by atoms with van der Waals surface area (Å²) in [5.41, 5.74) is 4.01. The van der Waals surface area contributed by atoms with Crippen molar-refractivity contribution < 1.29 is 14.3 Å². The Morgan fingerprint density at radius 2 is 1.87 bits per heavy atom. The fourth-order valence-corrected chi connectivity index (χ4v) is 3.94. The molecular weight excluding hydrogens is 402 g/mol. The molecule has 2 aromatic carbocycles. The first-order valence-electron chi connectivity index (χ1n) is 9.71. The van der Waals surface area contributed by atoms with Gasteiger partial charge in [-0.1, -0.05) is 41.9 Å². The van der Waals surface area contributed by atoms with Crippen molar-refractivity contribution in [2.45, 2.75) is 19.0 Å². The number of hydrogen-bond acceptors (Lipinski definition) is 3. The Bertz CT molecular complexity index is 1060. The molecule has 1 atom stereocenters. The number of nitrogens with zero attached hydrogens (tertiary/aromatic N) is 2. The maximum atomic E-state index is 13.2. The molecule has 0 spiro atoms. The van der Waals surface area contributed by atoms with Crippen LogP contribution in [0.25, 0.3) is 5.69 Å². The van der Waals surface area contributed by atoms with Gasteiger partial charge in [0.05, 0.1) is 31.8 Å². The minimum absolute atomic E-state index is 0.120. The Morgan fingerprint density at radius 3 is 2.63 bits per heavy atom. The van der Waals surface area contributed by atoms with E-state index in [0.29, 0.717) is 11.6 Å². The highest BCUT2D eigenvalue weighted by molar-refractivity contribution is 6.30. The van der Waals surface area contributed by atoms with Crippen LogP contribution < -0.4 is 5.32 Å². The van der Waals surface area contributed by atoms with E-state index < -0.39 is 0 Å². The number of nitrogens with one attached hydrogen (secondary N) is 1. The molecule has 0 unspecified atom stereocenters. The van der Waals surface area contributed by atoms with E-state index in [9.17, 15) is 9.59 Å². The maximum Gasteiger partial charge on any atom is 0.318 e. The number of rotatable bonds is 4. The van der Waals surface area contributed by atoms with Crippen molar-refractivity contribution in [2.75, 3.05) is 13.7 Å². The number of para-hydroxylation sites is 1. The van der Waals surface area contributed by atoms with Crippen LogP contribution in [0.5, 0.6) is 0 Å². The van der Waals surface area contributed by atoms with Crippen LogP contribution in [-0.2, 0) is 16.1 Å². The third-order valence-electron chi connectivity index (χ3n) is 5.24. The van der Waals surface area contributed by atoms with Crippen LogP contribution in [0.15, 0.2) is 66.9 Å². The Balaban J connectivity index is 1.74. The second kappa shape index (κ2) is 8.63. The van der Waals surface area contributed by atoms with Crippen LogP contribution in [-0.4, -0.2) is 35.1 Å². The molecular formula is C23H22ClN3O3. The Labute approximate surface area is 180 Å². The predicted octanol–water partition coefficient (Wildman–Crippen LogP) is 4.31. The van der Waals surface area contributed by atoms with Gasteiger partial charge < -0.3 is 19.5 Å². The van der Waals surface area contributed by atoms with Crippen molar-refractivity contribution in [1.82, 2.24) is 14.8 Å². The number of ether oxygens (including phenoxy) is 1. The van der Waals surface area contributed by atoms with Crippen molar-refractivity contribution in [3.63, 3.8) is 0 Å². The molecule has 3 aromatic rings. The van der Waals surface area contributed by atoms with E-state index in [2.05, 4.69) is 20.7 Å². The molecule has 0 bridgehead atoms. The summed E-state index contributed by atoms with van der Waals surface area (Å²) in [5.74, 6) is -0.361. The number of benzene rings is 2. The van der Waals surface area contributed by atoms with Crippen molar-refractivity contribution in [1.29, 1.82) is 0 Å². The number of carbonyl (C=O) groups excluding carboxylic acids is 2. The van der Waals surface area contributed by atoms with Gasteiger partial charge in [-0.25, -0.2) is 4.79 Å². The summed E-state index contributed by atoms with van der Waals surface area (Å²) < 4.78 is 6.78. The van der Waals surface area contributed by atoms with Gasteiger partial charge in [0, 0.05) is 23.5 Å². The first-order chi connectivity index (χ1) is 14.6. The zero-order valence-corrected chi connectivity index (χ0v) is 17.3. The van der Waals surface area contributed by atoms with Gasteiger partial charge >= 0.3 is 12.0 Å². The van der Waals surface area contributed by atoms with Crippen LogP contribution >= 0.6 is 11.6 Å². The SMILES string of the molecule is COC(=O)CCNC(=O)N1Cc2ccccc2-n2cccc2[C@H]1c1ccc(Cl)cc1. The van der Waals surface area contributed by atoms with Gasteiger partial charge in [-0.15, -0.1) is 0 Å². The second-order valence-corrected chi connectivity index (χ2v) is 7.51. The van der Waals surface area contributed by atoms with Gasteiger partial charge in [0.2, 0.25) is 0 Å². The average Bonchev–Trinajstić information content (AvgIpc) is 3.18. The van der Waals surface area contributed by atoms with E-state index >= 15 is 0 Å². The molecule has 6 nitrogen and oxygen atoms in total. The molecule has 154 valence electrons. The lowest BCUT2D eigenvalue weighted by Crippen LogP contribution is -2.42. The quantitative estimate of drug-likeness (QED) is 0.636. The number of carbonyl (C=O) groups is 2. The van der Waals surface area contributed by atoms with Gasteiger partial charge in [-0.3, -0.25) is 4.79 Å². The monoisotopic (exact) mass is 423 g/mol. The summed E-state index contributed by atoms with van der Waals surface area (Å²) in [6.45, 7) is 0.632. The molecule has 30 heavy (non-hydrogen) atoms. The maximum absolute atomic E-state index is 13.2. The van der Waals surface area contributed by atoms with Crippen molar-refractivity contribution >= 4 is 23.6 Å². The topological polar surface area (TPSA) is 63.6 Å². The lowest BCUT2D eigenvalue weighted by Gasteiger charge is -2.31. The molecule has 0 saturated heterocycles. The zero-order chi connectivity index (χ0) is 21.1. The average molecular weight is 424 g/mol. The van der Waals surface area contributed by atoms with Crippen LogP contribution in [0.3, 0.4) is 0 Å². The Kier molecular flexibility index (Phi) is 5.77. The second-order valence-electron chi connectivity index (χ2n) is 7.07. The van der Waals surface area contributed by atoms with Crippen LogP contribution in [0, 0.1) is 0 Å². The van der Waals surface area contributed by atoms with Gasteiger partial charge in [0.15, 0.2) is 0 Å². The minimum Gasteiger partial charge on any atom is -0.469 e. The van der Waals surface area contributed by atoms with Gasteiger partial charge in [0.1, 0.15) is 0 Å². The smallest absolute Gasteiger partial charge is 0.318 e. The minimum atomic E-state index is -0.361. The number of fused-ring (bicyclic) bond motifs is 3. The highest BCUT2D eigenvalue weighted by Crippen LogP contribution is 2.36. The number of aromatic nitrogens is 1. The molecule has 0 aliphatic carbocycles. The molecule has 7 heteroatoms. The zero-order valence-electron chi connectivity index (χ0n) is 16.5. The van der Waals surface area contributed by atoms with Crippen molar-refractivity contribution in [3.05, 3.63) is 88.7 Å². The standard InChI is InChI=1S/C23H22ClN3O3/c1-30-21(28)12-13-25-23(29)27-15-17-5-2-3-6-19(17)26-14-4-7-20(26)22(27)16-8-10-18(24)11-9-16/h2-11,14,22H,12-13,15H2,1H3,(H,25,29)/t22-/m1/s1. The molecule has 2 amide bonds. The summed E-state index contributed by atoms with van der Waals surface area (Å²) in [4.78, 5) is 26.5. The third-order valence-corrected chi connectivity index (χ3v) is 5.50. The Morgan fingerprint density at radius 1 is 1.10 bits per heavy atom. The predicted molar refractivity (Wildman–Crippen MR) is 115 cm³/mol. The molecule has 1 aromatic heterocycles. The van der Waals surface area contributed by atoms with Crippen LogP contribution in [0.4, 0.5) is 4.79 Å². The van der Waals surface area contributed by atoms with E-state index in [1.54, 1.807) is 4.90 Å². The van der Waals surface area contributed by atoms with E-state index in [-0.39, 0.29) is 31.0 Å². The highest BCUT2D eigenvalue weighted by atomic mass is 35.5. The fourth-order valence-electron chi connectivity index (χ4n) is 3.81. The fraction of sp³-hybridized carbons (Fsp3) is 0.217. The number of methoxy groups -OCH3 is 1. The molecule has 0 saturated carbocycles. The molecule has 4 rings (SSSR count). The lowest BCUT2D eigenvalue weighted by atomic mass is 10.0. The number of halogens is 1. The molecule has 0 fully saturated rings. The highest BCUT2D eigenvalue weighted by Gasteiger charge is 2.32. The van der Waals surface area contributed by atoms with Crippen molar-refractivity contribution in [2.24, 2.45) is 0 Å². The number of urea groups is 1. The summed E-state index contributed by atoms with van der Waals surface area (Å²) in [6, 6.07) is 19.0. The number of hydrogen-bond donors (Lipinski definition) is 1. The van der Waals surface area contributed by atoms with Gasteiger partial charge in [-0.05, 0) is 41.5 Å². The van der Waals surface area contributed by atoms with Crippen LogP contribution in [0.2, 0.25) is 5.02 Å². The number of esters is 1. The molecule has 1 N–H and O–H groups in total. The third kappa shape index (κ3) is 3.91. The largest absolute Gasteiger partial charge is 0.469 e. The van der Waals surface area contributed by atoms with E-state index in [0.717, 1.165) is 22.5 Å². The summed E-state index contributed by atoms with van der Waals surface area (Å²) >= 11 is 6.10. The molecule has 1 aliphatic rings. The first-order valence-corrected chi connectivity index (χ1v) is 10.1. The first kappa shape index (κ1) is 20.0. The molecule has 1 aliphatic heterocycles. The summed E-state index contributed by atoms with van der Waals surface area (Å²) in [7, 11) is 1.33. The molecule has 0 radical (unpaired) electrons. The van der Waals surface area contributed by atoms with Crippen molar-refractivity contribution in [3.8, 4) is 5.69 Å². The van der Waals surface area contributed by atoms with Gasteiger partial charge in [-0.2, -0.15) is 0 Å². The van der Waals surface area contributed by atoms with Crippen LogP contribution in [0.1, 0.15) is 29.3 Å². The molecule has 2 heterocycles. The lowest BCUT2D eigenvalue weighted by molar-refractivity contribution is -0.140. The Hall–Kier alpha value is -3.25.